The van der Waals surface area contributed by atoms with Crippen molar-refractivity contribution >= 4 is 11.6 Å². The second-order valence-electron chi connectivity index (χ2n) is 4.32. The Morgan fingerprint density at radius 2 is 1.79 bits per heavy atom. The summed E-state index contributed by atoms with van der Waals surface area (Å²) in [6.45, 7) is 1.89. The number of nitrogens with two attached hydrogens (primary N) is 1. The Bertz CT molecular complexity index is 601. The second kappa shape index (κ2) is 5.59. The summed E-state index contributed by atoms with van der Waals surface area (Å²) in [4.78, 5) is 0. The molecular formula is C15H15ClFNO. The molecule has 1 unspecified atom stereocenters. The van der Waals surface area contributed by atoms with Crippen molar-refractivity contribution in [3.63, 3.8) is 0 Å². The van der Waals surface area contributed by atoms with Gasteiger partial charge in [-0.05, 0) is 24.1 Å². The first-order chi connectivity index (χ1) is 9.06. The van der Waals surface area contributed by atoms with E-state index in [0.29, 0.717) is 16.1 Å². The zero-order chi connectivity index (χ0) is 14.0. The van der Waals surface area contributed by atoms with E-state index in [0.717, 1.165) is 5.56 Å². The number of rotatable bonds is 3. The van der Waals surface area contributed by atoms with Gasteiger partial charge in [0.25, 0.3) is 0 Å². The summed E-state index contributed by atoms with van der Waals surface area (Å²) >= 11 is 6.23. The van der Waals surface area contributed by atoms with Crippen molar-refractivity contribution in [1.82, 2.24) is 0 Å². The third-order valence-electron chi connectivity index (χ3n) is 3.10. The van der Waals surface area contributed by atoms with Crippen molar-refractivity contribution in [2.24, 2.45) is 5.73 Å². The van der Waals surface area contributed by atoms with Crippen molar-refractivity contribution in [2.45, 2.75) is 13.0 Å². The van der Waals surface area contributed by atoms with E-state index >= 15 is 0 Å². The summed E-state index contributed by atoms with van der Waals surface area (Å²) in [5.41, 5.74) is 8.12. The van der Waals surface area contributed by atoms with Crippen LogP contribution in [-0.4, -0.2) is 7.11 Å². The largest absolute Gasteiger partial charge is 0.494 e. The predicted molar refractivity (Wildman–Crippen MR) is 75.2 cm³/mol. The molecule has 0 saturated carbocycles. The Kier molecular flexibility index (Phi) is 4.08. The van der Waals surface area contributed by atoms with Gasteiger partial charge in [0.05, 0.1) is 13.2 Å². The van der Waals surface area contributed by atoms with Gasteiger partial charge in [-0.3, -0.25) is 0 Å². The average Bonchev–Trinajstić information content (AvgIpc) is 2.41. The fourth-order valence-corrected chi connectivity index (χ4v) is 2.25. The minimum Gasteiger partial charge on any atom is -0.494 e. The number of ether oxygens (including phenoxy) is 1. The summed E-state index contributed by atoms with van der Waals surface area (Å²) < 4.78 is 19.2. The molecule has 0 saturated heterocycles. The molecule has 100 valence electrons. The summed E-state index contributed by atoms with van der Waals surface area (Å²) in [5, 5.41) is 0.567. The van der Waals surface area contributed by atoms with Crippen LogP contribution in [0.3, 0.4) is 0 Å². The number of benzene rings is 2. The highest BCUT2D eigenvalue weighted by atomic mass is 35.5. The first-order valence-electron chi connectivity index (χ1n) is 5.89. The fraction of sp³-hybridized carbons (Fsp3) is 0.200. The molecule has 2 rings (SSSR count). The van der Waals surface area contributed by atoms with Crippen molar-refractivity contribution in [3.05, 3.63) is 63.9 Å². The second-order valence-corrected chi connectivity index (χ2v) is 4.70. The minimum atomic E-state index is -0.623. The van der Waals surface area contributed by atoms with E-state index in [1.165, 1.54) is 7.11 Å². The van der Waals surface area contributed by atoms with Crippen molar-refractivity contribution in [3.8, 4) is 5.75 Å². The van der Waals surface area contributed by atoms with E-state index < -0.39 is 11.9 Å². The molecule has 2 aromatic carbocycles. The van der Waals surface area contributed by atoms with Crippen LogP contribution in [0.25, 0.3) is 0 Å². The first kappa shape index (κ1) is 13.8. The third kappa shape index (κ3) is 2.57. The maximum atomic E-state index is 14.2. The van der Waals surface area contributed by atoms with Gasteiger partial charge in [0, 0.05) is 10.6 Å². The van der Waals surface area contributed by atoms with Gasteiger partial charge >= 0.3 is 0 Å². The van der Waals surface area contributed by atoms with Gasteiger partial charge in [0.2, 0.25) is 0 Å². The van der Waals surface area contributed by atoms with Gasteiger partial charge in [-0.15, -0.1) is 0 Å². The van der Waals surface area contributed by atoms with Crippen molar-refractivity contribution in [1.29, 1.82) is 0 Å². The normalized spacial score (nSPS) is 12.3. The van der Waals surface area contributed by atoms with E-state index in [1.54, 1.807) is 24.3 Å². The Balaban J connectivity index is 2.50. The van der Waals surface area contributed by atoms with Crippen molar-refractivity contribution in [2.75, 3.05) is 7.11 Å². The zero-order valence-electron chi connectivity index (χ0n) is 10.8. The molecule has 0 amide bonds. The predicted octanol–water partition coefficient (Wildman–Crippen LogP) is 3.84. The Morgan fingerprint density at radius 3 is 2.47 bits per heavy atom. The van der Waals surface area contributed by atoms with Crippen molar-refractivity contribution < 1.29 is 9.13 Å². The van der Waals surface area contributed by atoms with Crippen LogP contribution in [0, 0.1) is 12.7 Å². The molecular weight excluding hydrogens is 265 g/mol. The van der Waals surface area contributed by atoms with Crippen LogP contribution in [0.4, 0.5) is 4.39 Å². The van der Waals surface area contributed by atoms with Crippen LogP contribution in [-0.2, 0) is 0 Å². The lowest BCUT2D eigenvalue weighted by atomic mass is 9.97. The van der Waals surface area contributed by atoms with Crippen LogP contribution in [0.15, 0.2) is 36.4 Å². The lowest BCUT2D eigenvalue weighted by molar-refractivity contribution is 0.383. The molecule has 4 heteroatoms. The minimum absolute atomic E-state index is 0.178. The Morgan fingerprint density at radius 1 is 1.16 bits per heavy atom. The maximum absolute atomic E-state index is 14.2. The molecule has 0 bridgehead atoms. The van der Waals surface area contributed by atoms with Gasteiger partial charge in [0.1, 0.15) is 0 Å². The van der Waals surface area contributed by atoms with Gasteiger partial charge in [-0.2, -0.15) is 0 Å². The van der Waals surface area contributed by atoms with Crippen LogP contribution in [0.2, 0.25) is 5.02 Å². The maximum Gasteiger partial charge on any atom is 0.170 e. The Labute approximate surface area is 117 Å². The van der Waals surface area contributed by atoms with E-state index in [2.05, 4.69) is 0 Å². The van der Waals surface area contributed by atoms with E-state index in [4.69, 9.17) is 22.1 Å². The molecule has 0 heterocycles. The van der Waals surface area contributed by atoms with Gasteiger partial charge < -0.3 is 10.5 Å². The molecule has 2 aromatic rings. The molecule has 19 heavy (non-hydrogen) atoms. The first-order valence-corrected chi connectivity index (χ1v) is 6.27. The number of halogens is 2. The fourth-order valence-electron chi connectivity index (χ4n) is 2.00. The lowest BCUT2D eigenvalue weighted by Crippen LogP contribution is -2.15. The van der Waals surface area contributed by atoms with Gasteiger partial charge in [0.15, 0.2) is 11.6 Å². The lowest BCUT2D eigenvalue weighted by Gasteiger charge is -2.17. The average molecular weight is 280 g/mol. The quantitative estimate of drug-likeness (QED) is 0.926. The van der Waals surface area contributed by atoms with Crippen LogP contribution in [0.1, 0.15) is 22.7 Å². The summed E-state index contributed by atoms with van der Waals surface area (Å²) in [6, 6.07) is 9.83. The highest BCUT2D eigenvalue weighted by Crippen LogP contribution is 2.32. The SMILES string of the molecule is COc1cccc(C(N)c2cccc(C)c2Cl)c1F. The van der Waals surface area contributed by atoms with E-state index in [1.807, 2.05) is 19.1 Å². The smallest absolute Gasteiger partial charge is 0.170 e. The van der Waals surface area contributed by atoms with E-state index in [-0.39, 0.29) is 5.75 Å². The Hall–Kier alpha value is -1.58. The highest BCUT2D eigenvalue weighted by Gasteiger charge is 2.19. The molecule has 1 atom stereocenters. The zero-order valence-corrected chi connectivity index (χ0v) is 11.5. The molecule has 0 radical (unpaired) electrons. The molecule has 0 aromatic heterocycles. The molecule has 0 spiro atoms. The van der Waals surface area contributed by atoms with E-state index in [9.17, 15) is 4.39 Å². The molecule has 0 aliphatic heterocycles. The topological polar surface area (TPSA) is 35.2 Å². The molecule has 0 fully saturated rings. The molecule has 0 aliphatic carbocycles. The van der Waals surface area contributed by atoms with Crippen LogP contribution in [0.5, 0.6) is 5.75 Å². The highest BCUT2D eigenvalue weighted by molar-refractivity contribution is 6.32. The van der Waals surface area contributed by atoms with Crippen LogP contribution < -0.4 is 10.5 Å². The summed E-state index contributed by atoms with van der Waals surface area (Å²) in [6.07, 6.45) is 0. The molecule has 0 aliphatic rings. The number of aryl methyl sites for hydroxylation is 1. The standard InChI is InChI=1S/C15H15ClFNO/c1-9-5-3-6-10(13(9)16)15(18)11-7-4-8-12(19-2)14(11)17/h3-8,15H,18H2,1-2H3. The number of methoxy groups -OCH3 is 1. The number of hydrogen-bond donors (Lipinski definition) is 1. The summed E-state index contributed by atoms with van der Waals surface area (Å²) in [5.74, 6) is -0.271. The monoisotopic (exact) mass is 279 g/mol. The summed E-state index contributed by atoms with van der Waals surface area (Å²) in [7, 11) is 1.42. The van der Waals surface area contributed by atoms with Gasteiger partial charge in [-0.25, -0.2) is 4.39 Å². The third-order valence-corrected chi connectivity index (χ3v) is 3.62. The molecule has 2 nitrogen and oxygen atoms in total. The van der Waals surface area contributed by atoms with Gasteiger partial charge in [-0.1, -0.05) is 41.9 Å². The number of hydrogen-bond acceptors (Lipinski definition) is 2. The molecule has 2 N–H and O–H groups in total. The van der Waals surface area contributed by atoms with Crippen LogP contribution >= 0.6 is 11.6 Å².